The van der Waals surface area contributed by atoms with Crippen molar-refractivity contribution in [2.24, 2.45) is 0 Å². The van der Waals surface area contributed by atoms with E-state index in [4.69, 9.17) is 13.0 Å². The lowest BCUT2D eigenvalue weighted by Crippen LogP contribution is -2.12. The van der Waals surface area contributed by atoms with Gasteiger partial charge in [0.1, 0.15) is 25.2 Å². The molecule has 0 aliphatic rings. The molecular formula is C6H3BF2O. The lowest BCUT2D eigenvalue weighted by molar-refractivity contribution is 0.462. The number of phenolic OH excluding ortho intramolecular Hbond substituents is 1. The summed E-state index contributed by atoms with van der Waals surface area (Å²) in [7, 11) is 4.89. The highest BCUT2D eigenvalue weighted by Crippen LogP contribution is 2.10. The van der Waals surface area contributed by atoms with Crippen molar-refractivity contribution < 1.29 is 13.9 Å². The molecule has 10 heavy (non-hydrogen) atoms. The summed E-state index contributed by atoms with van der Waals surface area (Å²) >= 11 is 0. The highest BCUT2D eigenvalue weighted by atomic mass is 19.1. The van der Waals surface area contributed by atoms with Gasteiger partial charge in [0.15, 0.2) is 0 Å². The minimum atomic E-state index is -0.947. The predicted octanol–water partition coefficient (Wildman–Crippen LogP) is 0.464. The molecule has 0 saturated carbocycles. The largest absolute Gasteiger partial charge is 0.508 e. The Hall–Kier alpha value is -1.06. The van der Waals surface area contributed by atoms with Gasteiger partial charge in [0.25, 0.3) is 0 Å². The Morgan fingerprint density at radius 2 is 1.60 bits per heavy atom. The molecule has 0 amide bonds. The third kappa shape index (κ3) is 1.10. The molecule has 0 aromatic heterocycles. The van der Waals surface area contributed by atoms with Crippen molar-refractivity contribution in [2.75, 3.05) is 0 Å². The molecule has 1 nitrogen and oxygen atoms in total. The van der Waals surface area contributed by atoms with E-state index in [1.807, 2.05) is 0 Å². The van der Waals surface area contributed by atoms with Crippen LogP contribution >= 0.6 is 0 Å². The topological polar surface area (TPSA) is 20.2 Å². The van der Waals surface area contributed by atoms with Gasteiger partial charge in [0, 0.05) is 12.1 Å². The molecule has 1 aromatic rings. The Bertz CT molecular complexity index is 239. The third-order valence-corrected chi connectivity index (χ3v) is 1.06. The Labute approximate surface area is 57.7 Å². The molecule has 0 aliphatic heterocycles. The normalized spacial score (nSPS) is 9.80. The zero-order valence-electron chi connectivity index (χ0n) is 4.94. The highest BCUT2D eigenvalue weighted by molar-refractivity contribution is 6.32. The Morgan fingerprint density at radius 3 is 2.00 bits per heavy atom. The van der Waals surface area contributed by atoms with Crippen LogP contribution in [0, 0.1) is 11.6 Å². The molecule has 2 radical (unpaired) electrons. The van der Waals surface area contributed by atoms with Gasteiger partial charge in [0.2, 0.25) is 0 Å². The molecular weight excluding hydrogens is 137 g/mol. The molecule has 0 aliphatic carbocycles. The Balaban J connectivity index is 3.31. The number of hydrogen-bond donors (Lipinski definition) is 1. The van der Waals surface area contributed by atoms with Gasteiger partial charge in [-0.15, -0.1) is 0 Å². The molecule has 0 saturated heterocycles. The van der Waals surface area contributed by atoms with Gasteiger partial charge >= 0.3 is 0 Å². The standard InChI is InChI=1S/C6H3BF2O/c7-6-4(8)1-3(10)2-5(6)9/h1-2,10H. The number of phenols is 1. The monoisotopic (exact) mass is 140 g/mol. The van der Waals surface area contributed by atoms with Crippen molar-refractivity contribution in [2.45, 2.75) is 0 Å². The Kier molecular flexibility index (Phi) is 1.61. The molecule has 0 spiro atoms. The lowest BCUT2D eigenvalue weighted by atomic mass is 9.95. The van der Waals surface area contributed by atoms with Crippen LogP contribution in [0.1, 0.15) is 0 Å². The number of benzene rings is 1. The van der Waals surface area contributed by atoms with Crippen LogP contribution < -0.4 is 5.46 Å². The van der Waals surface area contributed by atoms with Crippen LogP contribution in [0.3, 0.4) is 0 Å². The average Bonchev–Trinajstić information content (AvgIpc) is 1.82. The van der Waals surface area contributed by atoms with Gasteiger partial charge in [-0.1, -0.05) is 0 Å². The van der Waals surface area contributed by atoms with E-state index in [-0.39, 0.29) is 0 Å². The van der Waals surface area contributed by atoms with E-state index in [0.717, 1.165) is 12.1 Å². The smallest absolute Gasteiger partial charge is 0.122 e. The SMILES string of the molecule is [B]c1c(F)cc(O)cc1F. The second-order valence-electron chi connectivity index (χ2n) is 1.82. The van der Waals surface area contributed by atoms with Crippen molar-refractivity contribution in [1.29, 1.82) is 0 Å². The van der Waals surface area contributed by atoms with E-state index in [9.17, 15) is 8.78 Å². The first-order chi connectivity index (χ1) is 4.61. The summed E-state index contributed by atoms with van der Waals surface area (Å²) in [5, 5.41) is 8.58. The minimum Gasteiger partial charge on any atom is -0.508 e. The molecule has 50 valence electrons. The molecule has 1 rings (SSSR count). The Morgan fingerprint density at radius 1 is 1.20 bits per heavy atom. The van der Waals surface area contributed by atoms with Crippen LogP contribution in [0.4, 0.5) is 8.78 Å². The van der Waals surface area contributed by atoms with Gasteiger partial charge in [-0.25, -0.2) is 8.78 Å². The predicted molar refractivity (Wildman–Crippen MR) is 33.4 cm³/mol. The van der Waals surface area contributed by atoms with Crippen molar-refractivity contribution in [1.82, 2.24) is 0 Å². The van der Waals surface area contributed by atoms with E-state index in [0.29, 0.717) is 0 Å². The van der Waals surface area contributed by atoms with Crippen molar-refractivity contribution in [3.05, 3.63) is 23.8 Å². The van der Waals surface area contributed by atoms with Crippen LogP contribution in [-0.2, 0) is 0 Å². The molecule has 0 fully saturated rings. The number of hydrogen-bond acceptors (Lipinski definition) is 1. The maximum absolute atomic E-state index is 12.3. The van der Waals surface area contributed by atoms with Crippen LogP contribution in [0.2, 0.25) is 0 Å². The molecule has 0 atom stereocenters. The van der Waals surface area contributed by atoms with E-state index in [2.05, 4.69) is 0 Å². The number of aromatic hydroxyl groups is 1. The summed E-state index contributed by atoms with van der Waals surface area (Å²) in [6.07, 6.45) is 0. The molecule has 4 heteroatoms. The summed E-state index contributed by atoms with van der Waals surface area (Å²) in [6, 6.07) is 1.50. The number of rotatable bonds is 0. The van der Waals surface area contributed by atoms with E-state index in [1.165, 1.54) is 0 Å². The van der Waals surface area contributed by atoms with Gasteiger partial charge in [-0.05, 0) is 5.46 Å². The highest BCUT2D eigenvalue weighted by Gasteiger charge is 2.03. The lowest BCUT2D eigenvalue weighted by Gasteiger charge is -1.98. The van der Waals surface area contributed by atoms with E-state index in [1.54, 1.807) is 0 Å². The third-order valence-electron chi connectivity index (χ3n) is 1.06. The summed E-state index contributed by atoms with van der Waals surface area (Å²) in [6.45, 7) is 0. The van der Waals surface area contributed by atoms with Crippen LogP contribution in [0.5, 0.6) is 5.75 Å². The van der Waals surface area contributed by atoms with E-state index < -0.39 is 22.8 Å². The fourth-order valence-electron chi connectivity index (χ4n) is 0.571. The van der Waals surface area contributed by atoms with Gasteiger partial charge in [-0.2, -0.15) is 0 Å². The summed E-state index contributed by atoms with van der Waals surface area (Å²) < 4.78 is 24.6. The zero-order valence-corrected chi connectivity index (χ0v) is 4.94. The first-order valence-corrected chi connectivity index (χ1v) is 2.54. The second-order valence-corrected chi connectivity index (χ2v) is 1.82. The quantitative estimate of drug-likeness (QED) is 0.519. The van der Waals surface area contributed by atoms with Crippen LogP contribution in [0.15, 0.2) is 12.1 Å². The summed E-state index contributed by atoms with van der Waals surface area (Å²) in [4.78, 5) is 0. The summed E-state index contributed by atoms with van der Waals surface area (Å²) in [5.74, 6) is -2.36. The first kappa shape index (κ1) is 7.06. The zero-order chi connectivity index (χ0) is 7.72. The fourth-order valence-corrected chi connectivity index (χ4v) is 0.571. The average molecular weight is 140 g/mol. The first-order valence-electron chi connectivity index (χ1n) is 2.54. The fraction of sp³-hybridized carbons (Fsp3) is 0. The maximum atomic E-state index is 12.3. The molecule has 0 unspecified atom stereocenters. The van der Waals surface area contributed by atoms with Gasteiger partial charge in [0.05, 0.1) is 0 Å². The second kappa shape index (κ2) is 2.29. The summed E-state index contributed by atoms with van der Waals surface area (Å²) in [5.41, 5.74) is -0.571. The molecule has 0 bridgehead atoms. The van der Waals surface area contributed by atoms with Gasteiger partial charge < -0.3 is 5.11 Å². The molecule has 1 N–H and O–H groups in total. The van der Waals surface area contributed by atoms with E-state index >= 15 is 0 Å². The van der Waals surface area contributed by atoms with Crippen molar-refractivity contribution in [3.63, 3.8) is 0 Å². The molecule has 1 aromatic carbocycles. The van der Waals surface area contributed by atoms with Crippen LogP contribution in [-0.4, -0.2) is 13.0 Å². The van der Waals surface area contributed by atoms with Gasteiger partial charge in [-0.3, -0.25) is 0 Å². The van der Waals surface area contributed by atoms with Crippen molar-refractivity contribution >= 4 is 13.3 Å². The number of halogens is 2. The van der Waals surface area contributed by atoms with Crippen molar-refractivity contribution in [3.8, 4) is 5.75 Å². The minimum absolute atomic E-state index is 0.468. The molecule has 0 heterocycles. The maximum Gasteiger partial charge on any atom is 0.122 e. The van der Waals surface area contributed by atoms with Crippen LogP contribution in [0.25, 0.3) is 0 Å².